The minimum Gasteiger partial charge on any atom is -0.249 e. The van der Waals surface area contributed by atoms with Gasteiger partial charge in [0, 0.05) is 12.8 Å². The summed E-state index contributed by atoms with van der Waals surface area (Å²) in [4.78, 5) is 0. The minimum absolute atomic E-state index is 0.603. The van der Waals surface area contributed by atoms with Crippen LogP contribution >= 0.6 is 0 Å². The zero-order valence-corrected chi connectivity index (χ0v) is 8.86. The van der Waals surface area contributed by atoms with Crippen molar-refractivity contribution in [1.29, 1.82) is 0 Å². The summed E-state index contributed by atoms with van der Waals surface area (Å²) in [5.74, 6) is 2.02. The third-order valence-corrected chi connectivity index (χ3v) is 4.58. The normalized spacial score (nSPS) is 30.2. The highest BCUT2D eigenvalue weighted by atomic mass is 32.2. The van der Waals surface area contributed by atoms with Crippen LogP contribution in [-0.4, -0.2) is 22.8 Å². The second-order valence-corrected chi connectivity index (χ2v) is 6.16. The van der Waals surface area contributed by atoms with Crippen molar-refractivity contribution in [2.24, 2.45) is 10.3 Å². The van der Waals surface area contributed by atoms with Gasteiger partial charge in [-0.1, -0.05) is 25.5 Å². The first-order valence-corrected chi connectivity index (χ1v) is 6.22. The molecule has 0 spiro atoms. The van der Waals surface area contributed by atoms with Crippen LogP contribution in [-0.2, 0) is 9.73 Å². The van der Waals surface area contributed by atoms with Gasteiger partial charge < -0.3 is 0 Å². The van der Waals surface area contributed by atoms with Gasteiger partial charge in [0.1, 0.15) is 0 Å². The van der Waals surface area contributed by atoms with E-state index in [1.165, 1.54) is 5.57 Å². The molecule has 0 saturated heterocycles. The molecule has 1 aliphatic heterocycles. The van der Waals surface area contributed by atoms with E-state index < -0.39 is 9.73 Å². The first-order valence-electron chi connectivity index (χ1n) is 4.37. The Labute approximate surface area is 75.2 Å². The predicted octanol–water partition coefficient (Wildman–Crippen LogP) is 2.07. The lowest BCUT2D eigenvalue weighted by atomic mass is 10.0. The molecule has 0 radical (unpaired) electrons. The summed E-state index contributed by atoms with van der Waals surface area (Å²) in [6.45, 7) is 4.37. The van der Waals surface area contributed by atoms with Crippen molar-refractivity contribution in [2.45, 2.75) is 20.3 Å². The predicted molar refractivity (Wildman–Crippen MR) is 53.8 cm³/mol. The Morgan fingerprint density at radius 2 is 2.25 bits per heavy atom. The van der Waals surface area contributed by atoms with Gasteiger partial charge in [-0.15, -0.1) is 0 Å². The maximum Gasteiger partial charge on any atom is 0.0504 e. The quantitative estimate of drug-likeness (QED) is 0.578. The molecular weight excluding hydrogens is 170 g/mol. The van der Waals surface area contributed by atoms with Crippen molar-refractivity contribution in [3.05, 3.63) is 11.6 Å². The molecule has 0 aromatic heterocycles. The molecule has 0 N–H and O–H groups in total. The van der Waals surface area contributed by atoms with Crippen molar-refractivity contribution in [2.75, 3.05) is 18.6 Å². The molecule has 1 aliphatic rings. The van der Waals surface area contributed by atoms with E-state index in [1.54, 1.807) is 7.05 Å². The van der Waals surface area contributed by atoms with Crippen LogP contribution in [0.4, 0.5) is 0 Å². The molecule has 0 aromatic carbocycles. The third kappa shape index (κ3) is 2.09. The molecule has 2 nitrogen and oxygen atoms in total. The lowest BCUT2D eigenvalue weighted by Gasteiger charge is -2.18. The van der Waals surface area contributed by atoms with E-state index in [-0.39, 0.29) is 0 Å². The summed E-state index contributed by atoms with van der Waals surface area (Å²) in [5, 5.41) is 0. The molecule has 1 atom stereocenters. The van der Waals surface area contributed by atoms with E-state index in [9.17, 15) is 4.21 Å². The van der Waals surface area contributed by atoms with Gasteiger partial charge in [0.2, 0.25) is 0 Å². The summed E-state index contributed by atoms with van der Waals surface area (Å²) in [5.41, 5.74) is 1.44. The second-order valence-electron chi connectivity index (χ2n) is 3.51. The fourth-order valence-electron chi connectivity index (χ4n) is 1.39. The Balaban J connectivity index is 2.79. The maximum atomic E-state index is 11.7. The Bertz CT molecular complexity index is 296. The smallest absolute Gasteiger partial charge is 0.0504 e. The Kier molecular flexibility index (Phi) is 2.94. The number of allylic oxidation sites excluding steroid dienone is 1. The van der Waals surface area contributed by atoms with Crippen LogP contribution in [0.1, 0.15) is 20.3 Å². The summed E-state index contributed by atoms with van der Waals surface area (Å²) in [7, 11) is -0.183. The van der Waals surface area contributed by atoms with Gasteiger partial charge in [-0.3, -0.25) is 0 Å². The number of rotatable bonds is 1. The van der Waals surface area contributed by atoms with Crippen LogP contribution < -0.4 is 0 Å². The van der Waals surface area contributed by atoms with E-state index in [0.717, 1.165) is 12.2 Å². The second kappa shape index (κ2) is 3.60. The van der Waals surface area contributed by atoms with Crippen molar-refractivity contribution in [1.82, 2.24) is 0 Å². The molecule has 12 heavy (non-hydrogen) atoms. The highest BCUT2D eigenvalue weighted by molar-refractivity contribution is 7.93. The monoisotopic (exact) mass is 187 g/mol. The van der Waals surface area contributed by atoms with Gasteiger partial charge in [0.25, 0.3) is 0 Å². The van der Waals surface area contributed by atoms with E-state index in [2.05, 4.69) is 24.3 Å². The zero-order chi connectivity index (χ0) is 9.19. The van der Waals surface area contributed by atoms with Crippen LogP contribution in [0.3, 0.4) is 0 Å². The third-order valence-electron chi connectivity index (χ3n) is 2.39. The molecule has 0 amide bonds. The van der Waals surface area contributed by atoms with Crippen molar-refractivity contribution in [3.63, 3.8) is 0 Å². The molecule has 1 unspecified atom stereocenters. The lowest BCUT2D eigenvalue weighted by Crippen LogP contribution is -2.17. The molecule has 1 heterocycles. The molecule has 0 aliphatic carbocycles. The van der Waals surface area contributed by atoms with Gasteiger partial charge >= 0.3 is 0 Å². The molecule has 0 aromatic rings. The summed E-state index contributed by atoms with van der Waals surface area (Å²) < 4.78 is 15.7. The van der Waals surface area contributed by atoms with Crippen LogP contribution in [0.2, 0.25) is 0 Å². The Hall–Kier alpha value is -0.310. The van der Waals surface area contributed by atoms with Gasteiger partial charge in [0.15, 0.2) is 0 Å². The fraction of sp³-hybridized carbons (Fsp3) is 0.778. The summed E-state index contributed by atoms with van der Waals surface area (Å²) >= 11 is 0. The standard InChI is InChI=1S/C9H17NOS/c1-8(2)9-4-6-12(11,10-3)7-5-9/h4,8H,5-7H2,1-3H3. The number of hydrogen-bond acceptors (Lipinski definition) is 2. The van der Waals surface area contributed by atoms with Gasteiger partial charge in [-0.05, 0) is 12.3 Å². The summed E-state index contributed by atoms with van der Waals surface area (Å²) in [6.07, 6.45) is 3.08. The number of nitrogens with zero attached hydrogens (tertiary/aromatic N) is 1. The highest BCUT2D eigenvalue weighted by Crippen LogP contribution is 2.20. The van der Waals surface area contributed by atoms with Crippen LogP contribution in [0.15, 0.2) is 16.0 Å². The molecule has 3 heteroatoms. The average molecular weight is 187 g/mol. The highest BCUT2D eigenvalue weighted by Gasteiger charge is 2.15. The largest absolute Gasteiger partial charge is 0.249 e. The van der Waals surface area contributed by atoms with Crippen molar-refractivity contribution >= 4 is 9.73 Å². The average Bonchev–Trinajstić information content (AvgIpc) is 2.05. The molecule has 0 saturated carbocycles. The lowest BCUT2D eigenvalue weighted by molar-refractivity contribution is 0.667. The van der Waals surface area contributed by atoms with Crippen LogP contribution in [0, 0.1) is 5.92 Å². The zero-order valence-electron chi connectivity index (χ0n) is 8.04. The first kappa shape index (κ1) is 9.78. The van der Waals surface area contributed by atoms with E-state index >= 15 is 0 Å². The van der Waals surface area contributed by atoms with E-state index in [0.29, 0.717) is 11.7 Å². The fourth-order valence-corrected chi connectivity index (χ4v) is 2.92. The maximum absolute atomic E-state index is 11.7. The van der Waals surface area contributed by atoms with Crippen molar-refractivity contribution < 1.29 is 4.21 Å². The first-order chi connectivity index (χ1) is 5.57. The van der Waals surface area contributed by atoms with Gasteiger partial charge in [0.05, 0.1) is 15.5 Å². The van der Waals surface area contributed by atoms with Crippen LogP contribution in [0.5, 0.6) is 0 Å². The minimum atomic E-state index is -1.85. The Morgan fingerprint density at radius 1 is 1.58 bits per heavy atom. The molecular formula is C9H17NOS. The molecule has 0 fully saturated rings. The Morgan fingerprint density at radius 3 is 2.58 bits per heavy atom. The van der Waals surface area contributed by atoms with E-state index in [1.807, 2.05) is 0 Å². The SMILES string of the molecule is CN=S1(=O)CC=C(C(C)C)CC1. The topological polar surface area (TPSA) is 29.4 Å². The van der Waals surface area contributed by atoms with Crippen LogP contribution in [0.25, 0.3) is 0 Å². The molecule has 1 rings (SSSR count). The number of hydrogen-bond donors (Lipinski definition) is 0. The van der Waals surface area contributed by atoms with Gasteiger partial charge in [-0.25, -0.2) is 8.57 Å². The van der Waals surface area contributed by atoms with Gasteiger partial charge in [-0.2, -0.15) is 0 Å². The molecule has 0 bridgehead atoms. The molecule has 70 valence electrons. The summed E-state index contributed by atoms with van der Waals surface area (Å²) in [6, 6.07) is 0. The van der Waals surface area contributed by atoms with E-state index in [4.69, 9.17) is 0 Å². The van der Waals surface area contributed by atoms with Crippen molar-refractivity contribution in [3.8, 4) is 0 Å².